The van der Waals surface area contributed by atoms with Crippen LogP contribution in [0.3, 0.4) is 0 Å². The molecule has 8 nitrogen and oxygen atoms in total. The Morgan fingerprint density at radius 2 is 2.21 bits per heavy atom. The molecule has 0 fully saturated rings. The maximum Gasteiger partial charge on any atom is 0.311 e. The van der Waals surface area contributed by atoms with Gasteiger partial charge in [-0.2, -0.15) is 0 Å². The number of carbonyl (C=O) groups is 1. The highest BCUT2D eigenvalue weighted by Crippen LogP contribution is 2.31. The van der Waals surface area contributed by atoms with Crippen LogP contribution in [0.1, 0.15) is 34.8 Å². The summed E-state index contributed by atoms with van der Waals surface area (Å²) in [6, 6.07) is 8.41. The lowest BCUT2D eigenvalue weighted by atomic mass is 10.0. The second-order valence-corrected chi connectivity index (χ2v) is 5.44. The van der Waals surface area contributed by atoms with Crippen LogP contribution in [0, 0.1) is 10.1 Å². The summed E-state index contributed by atoms with van der Waals surface area (Å²) in [5, 5.41) is 13.8. The van der Waals surface area contributed by atoms with E-state index in [4.69, 9.17) is 10.5 Å². The first-order valence-electron chi connectivity index (χ1n) is 7.49. The lowest BCUT2D eigenvalue weighted by Crippen LogP contribution is -2.28. The minimum Gasteiger partial charge on any atom is -0.493 e. The number of nitrogen functional groups attached to an aromatic ring is 1. The molecular weight excluding hydrogens is 312 g/mol. The van der Waals surface area contributed by atoms with Crippen molar-refractivity contribution < 1.29 is 14.5 Å². The summed E-state index contributed by atoms with van der Waals surface area (Å²) in [7, 11) is 0. The summed E-state index contributed by atoms with van der Waals surface area (Å²) >= 11 is 0. The van der Waals surface area contributed by atoms with Gasteiger partial charge in [0.2, 0.25) is 5.82 Å². The van der Waals surface area contributed by atoms with Crippen LogP contribution < -0.4 is 15.8 Å². The largest absolute Gasteiger partial charge is 0.493 e. The van der Waals surface area contributed by atoms with Crippen molar-refractivity contribution in [2.24, 2.45) is 0 Å². The standard InChI is InChI=1S/C16H16N4O4/c17-15-13(20(22)23)8-10(9-18-15)16(21)19-12-5-3-7-24-14-6-2-1-4-11(12)14/h1-2,4,6,8-9,12H,3,5,7H2,(H2,17,18)(H,19,21)/t12-/m1/s1. The molecule has 124 valence electrons. The lowest BCUT2D eigenvalue weighted by Gasteiger charge is -2.18. The van der Waals surface area contributed by atoms with Crippen molar-refractivity contribution in [3.05, 3.63) is 57.8 Å². The number of para-hydroxylation sites is 1. The van der Waals surface area contributed by atoms with Gasteiger partial charge in [-0.05, 0) is 18.9 Å². The fraction of sp³-hybridized carbons (Fsp3) is 0.250. The van der Waals surface area contributed by atoms with Crippen molar-refractivity contribution in [2.75, 3.05) is 12.3 Å². The molecule has 0 saturated heterocycles. The number of rotatable bonds is 3. The predicted molar refractivity (Wildman–Crippen MR) is 86.7 cm³/mol. The van der Waals surface area contributed by atoms with E-state index >= 15 is 0 Å². The molecule has 3 N–H and O–H groups in total. The van der Waals surface area contributed by atoms with Gasteiger partial charge in [0.1, 0.15) is 5.75 Å². The van der Waals surface area contributed by atoms with E-state index < -0.39 is 10.8 Å². The number of nitrogens with zero attached hydrogens (tertiary/aromatic N) is 2. The number of aromatic nitrogens is 1. The van der Waals surface area contributed by atoms with E-state index in [1.165, 1.54) is 6.20 Å². The number of benzene rings is 1. The number of nitro groups is 1. The topological polar surface area (TPSA) is 120 Å². The molecule has 1 atom stereocenters. The van der Waals surface area contributed by atoms with Crippen LogP contribution in [0.2, 0.25) is 0 Å². The first-order chi connectivity index (χ1) is 11.6. The Labute approximate surface area is 137 Å². The number of carbonyl (C=O) groups excluding carboxylic acids is 1. The molecule has 3 rings (SSSR count). The van der Waals surface area contributed by atoms with Crippen LogP contribution >= 0.6 is 0 Å². The number of amides is 1. The van der Waals surface area contributed by atoms with Crippen LogP contribution in [0.5, 0.6) is 5.75 Å². The first-order valence-corrected chi connectivity index (χ1v) is 7.49. The monoisotopic (exact) mass is 328 g/mol. The van der Waals surface area contributed by atoms with Crippen LogP contribution in [0.25, 0.3) is 0 Å². The second-order valence-electron chi connectivity index (χ2n) is 5.44. The summed E-state index contributed by atoms with van der Waals surface area (Å²) in [5.74, 6) is 0.0822. The first kappa shape index (κ1) is 15.7. The normalized spacial score (nSPS) is 16.4. The van der Waals surface area contributed by atoms with E-state index in [1.807, 2.05) is 24.3 Å². The number of nitrogens with one attached hydrogen (secondary N) is 1. The Bertz CT molecular complexity index is 793. The average Bonchev–Trinajstić information content (AvgIpc) is 2.77. The Morgan fingerprint density at radius 3 is 3.00 bits per heavy atom. The van der Waals surface area contributed by atoms with Crippen LogP contribution in [-0.2, 0) is 0 Å². The summed E-state index contributed by atoms with van der Waals surface area (Å²) in [4.78, 5) is 26.5. The minimum atomic E-state index is -0.659. The summed E-state index contributed by atoms with van der Waals surface area (Å²) < 4.78 is 5.66. The highest BCUT2D eigenvalue weighted by atomic mass is 16.6. The van der Waals surface area contributed by atoms with Gasteiger partial charge in [-0.15, -0.1) is 0 Å². The number of anilines is 1. The Morgan fingerprint density at radius 1 is 1.42 bits per heavy atom. The zero-order chi connectivity index (χ0) is 17.1. The second kappa shape index (κ2) is 6.53. The van der Waals surface area contributed by atoms with Gasteiger partial charge < -0.3 is 15.8 Å². The Balaban J connectivity index is 1.85. The molecule has 24 heavy (non-hydrogen) atoms. The van der Waals surface area contributed by atoms with Crippen LogP contribution in [0.4, 0.5) is 11.5 Å². The van der Waals surface area contributed by atoms with Gasteiger partial charge in [-0.25, -0.2) is 4.98 Å². The summed E-state index contributed by atoms with van der Waals surface area (Å²) in [5.41, 5.74) is 6.06. The van der Waals surface area contributed by atoms with E-state index in [1.54, 1.807) is 0 Å². The Hall–Kier alpha value is -3.16. The number of pyridine rings is 1. The zero-order valence-electron chi connectivity index (χ0n) is 12.8. The Kier molecular flexibility index (Phi) is 4.28. The van der Waals surface area contributed by atoms with Crippen LogP contribution in [0.15, 0.2) is 36.5 Å². The SMILES string of the molecule is Nc1ncc(C(=O)N[C@@H]2CCCOc3ccccc32)cc1[N+](=O)[O-]. The third-order valence-corrected chi connectivity index (χ3v) is 3.85. The number of ether oxygens (including phenoxy) is 1. The van der Waals surface area contributed by atoms with Crippen molar-refractivity contribution in [1.82, 2.24) is 10.3 Å². The molecular formula is C16H16N4O4. The number of hydrogen-bond acceptors (Lipinski definition) is 6. The quantitative estimate of drug-likeness (QED) is 0.658. The van der Waals surface area contributed by atoms with Gasteiger partial charge in [0.05, 0.1) is 23.1 Å². The predicted octanol–water partition coefficient (Wildman–Crippen LogP) is 2.22. The van der Waals surface area contributed by atoms with E-state index in [9.17, 15) is 14.9 Å². The highest BCUT2D eigenvalue weighted by molar-refractivity contribution is 5.95. The summed E-state index contributed by atoms with van der Waals surface area (Å²) in [6.07, 6.45) is 2.74. The number of fused-ring (bicyclic) bond motifs is 1. The lowest BCUT2D eigenvalue weighted by molar-refractivity contribution is -0.384. The molecule has 0 aliphatic carbocycles. The van der Waals surface area contributed by atoms with E-state index in [0.29, 0.717) is 13.0 Å². The van der Waals surface area contributed by atoms with Gasteiger partial charge in [0, 0.05) is 17.8 Å². The molecule has 0 unspecified atom stereocenters. The van der Waals surface area contributed by atoms with Gasteiger partial charge in [-0.1, -0.05) is 18.2 Å². The van der Waals surface area contributed by atoms with Crippen molar-refractivity contribution in [3.63, 3.8) is 0 Å². The third kappa shape index (κ3) is 3.12. The smallest absolute Gasteiger partial charge is 0.311 e. The van der Waals surface area contributed by atoms with Gasteiger partial charge >= 0.3 is 5.69 Å². The molecule has 1 aliphatic heterocycles. The fourth-order valence-corrected chi connectivity index (χ4v) is 2.65. The number of hydrogen-bond donors (Lipinski definition) is 2. The molecule has 1 aromatic carbocycles. The molecule has 0 bridgehead atoms. The highest BCUT2D eigenvalue weighted by Gasteiger charge is 2.23. The van der Waals surface area contributed by atoms with Crippen molar-refractivity contribution in [3.8, 4) is 5.75 Å². The molecule has 0 radical (unpaired) electrons. The zero-order valence-corrected chi connectivity index (χ0v) is 12.8. The molecule has 8 heteroatoms. The molecule has 1 aliphatic rings. The molecule has 1 aromatic heterocycles. The van der Waals surface area contributed by atoms with E-state index in [-0.39, 0.29) is 23.1 Å². The van der Waals surface area contributed by atoms with Gasteiger partial charge in [0.25, 0.3) is 5.91 Å². The molecule has 0 spiro atoms. The minimum absolute atomic E-state index is 0.0959. The fourth-order valence-electron chi connectivity index (χ4n) is 2.65. The van der Waals surface area contributed by atoms with Crippen molar-refractivity contribution in [1.29, 1.82) is 0 Å². The van der Waals surface area contributed by atoms with Crippen molar-refractivity contribution in [2.45, 2.75) is 18.9 Å². The van der Waals surface area contributed by atoms with Crippen molar-refractivity contribution >= 4 is 17.4 Å². The molecule has 1 amide bonds. The van der Waals surface area contributed by atoms with Gasteiger partial charge in [-0.3, -0.25) is 14.9 Å². The third-order valence-electron chi connectivity index (χ3n) is 3.85. The van der Waals surface area contributed by atoms with E-state index in [0.717, 1.165) is 23.8 Å². The number of nitrogens with two attached hydrogens (primary N) is 1. The molecule has 2 heterocycles. The van der Waals surface area contributed by atoms with Gasteiger partial charge in [0.15, 0.2) is 0 Å². The molecule has 0 saturated carbocycles. The van der Waals surface area contributed by atoms with Crippen LogP contribution in [-0.4, -0.2) is 22.4 Å². The van der Waals surface area contributed by atoms with E-state index in [2.05, 4.69) is 10.3 Å². The average molecular weight is 328 g/mol. The maximum atomic E-state index is 12.5. The summed E-state index contributed by atoms with van der Waals surface area (Å²) in [6.45, 7) is 0.582. The molecule has 2 aromatic rings. The maximum absolute atomic E-state index is 12.5.